The van der Waals surface area contributed by atoms with Crippen molar-refractivity contribution < 1.29 is 31.8 Å². The van der Waals surface area contributed by atoms with Crippen molar-refractivity contribution in [3.63, 3.8) is 0 Å². The van der Waals surface area contributed by atoms with Crippen molar-refractivity contribution in [2.75, 3.05) is 13.2 Å². The third-order valence-corrected chi connectivity index (χ3v) is 2.14. The predicted octanol–water partition coefficient (Wildman–Crippen LogP) is 3.37. The zero-order chi connectivity index (χ0) is 14.6. The van der Waals surface area contributed by atoms with Crippen LogP contribution in [0.1, 0.15) is 24.2 Å². The largest absolute Gasteiger partial charge is 0.490 e. The van der Waals surface area contributed by atoms with Crippen molar-refractivity contribution in [3.8, 4) is 11.5 Å². The summed E-state index contributed by atoms with van der Waals surface area (Å²) < 4.78 is 60.5. The lowest BCUT2D eigenvalue weighted by Crippen LogP contribution is -2.24. The Bertz CT molecular complexity index is 469. The van der Waals surface area contributed by atoms with Gasteiger partial charge in [-0.25, -0.2) is 4.39 Å². The second-order valence-corrected chi connectivity index (χ2v) is 3.47. The van der Waals surface area contributed by atoms with Crippen LogP contribution in [0.4, 0.5) is 17.6 Å². The Morgan fingerprint density at radius 3 is 2.00 bits per heavy atom. The first-order chi connectivity index (χ1) is 8.81. The van der Waals surface area contributed by atoms with Crippen molar-refractivity contribution in [1.82, 2.24) is 0 Å². The van der Waals surface area contributed by atoms with E-state index >= 15 is 0 Å². The number of hydrogen-bond acceptors (Lipinski definition) is 3. The average molecular weight is 280 g/mol. The van der Waals surface area contributed by atoms with Gasteiger partial charge in [-0.2, -0.15) is 13.2 Å². The minimum Gasteiger partial charge on any atom is -0.490 e. The molecular formula is C12H12F4O3. The highest BCUT2D eigenvalue weighted by atomic mass is 19.4. The van der Waals surface area contributed by atoms with Gasteiger partial charge in [-0.1, -0.05) is 0 Å². The number of carbonyl (C=O) groups is 1. The van der Waals surface area contributed by atoms with E-state index in [1.165, 1.54) is 0 Å². The number of hydrogen-bond donors (Lipinski definition) is 0. The van der Waals surface area contributed by atoms with Crippen LogP contribution in [0.5, 0.6) is 11.5 Å². The zero-order valence-electron chi connectivity index (χ0n) is 10.3. The maximum atomic E-state index is 13.5. The van der Waals surface area contributed by atoms with Gasteiger partial charge < -0.3 is 9.47 Å². The molecule has 0 spiro atoms. The minimum atomic E-state index is -5.14. The van der Waals surface area contributed by atoms with Gasteiger partial charge in [-0.15, -0.1) is 0 Å². The standard InChI is InChI=1S/C12H12F4O3/c1-3-18-9-5-7(11(17)12(14,15)16)8(13)6-10(9)19-4-2/h5-6H,3-4H2,1-2H3. The van der Waals surface area contributed by atoms with E-state index < -0.39 is 23.3 Å². The first-order valence-electron chi connectivity index (χ1n) is 5.51. The van der Waals surface area contributed by atoms with Crippen LogP contribution in [-0.2, 0) is 0 Å². The molecule has 0 fully saturated rings. The second kappa shape index (κ2) is 5.90. The lowest BCUT2D eigenvalue weighted by molar-refractivity contribution is -0.0887. The lowest BCUT2D eigenvalue weighted by atomic mass is 10.1. The molecule has 1 rings (SSSR count). The minimum absolute atomic E-state index is 0.0411. The highest BCUT2D eigenvalue weighted by molar-refractivity contribution is 6.01. The van der Waals surface area contributed by atoms with E-state index in [-0.39, 0.29) is 24.7 Å². The summed E-state index contributed by atoms with van der Waals surface area (Å²) in [5.74, 6) is -3.69. The summed E-state index contributed by atoms with van der Waals surface area (Å²) in [6.45, 7) is 3.56. The Kier molecular flexibility index (Phi) is 4.74. The molecule has 0 N–H and O–H groups in total. The van der Waals surface area contributed by atoms with Crippen molar-refractivity contribution in [3.05, 3.63) is 23.5 Å². The van der Waals surface area contributed by atoms with Gasteiger partial charge in [0.15, 0.2) is 11.5 Å². The summed E-state index contributed by atoms with van der Waals surface area (Å²) in [4.78, 5) is 11.1. The molecule has 106 valence electrons. The van der Waals surface area contributed by atoms with E-state index in [2.05, 4.69) is 0 Å². The van der Waals surface area contributed by atoms with Gasteiger partial charge in [0.05, 0.1) is 18.8 Å². The van der Waals surface area contributed by atoms with Gasteiger partial charge in [-0.05, 0) is 19.9 Å². The molecule has 0 bridgehead atoms. The van der Waals surface area contributed by atoms with Crippen molar-refractivity contribution in [1.29, 1.82) is 0 Å². The Labute approximate surface area is 107 Å². The molecule has 19 heavy (non-hydrogen) atoms. The van der Waals surface area contributed by atoms with Crippen LogP contribution in [0.3, 0.4) is 0 Å². The summed E-state index contributed by atoms with van der Waals surface area (Å²) in [6, 6.07) is 1.42. The average Bonchev–Trinajstić information content (AvgIpc) is 2.31. The number of carbonyl (C=O) groups excluding carboxylic acids is 1. The SMILES string of the molecule is CCOc1cc(F)c(C(=O)C(F)(F)F)cc1OCC. The highest BCUT2D eigenvalue weighted by Crippen LogP contribution is 2.33. The maximum Gasteiger partial charge on any atom is 0.454 e. The molecule has 0 amide bonds. The van der Waals surface area contributed by atoms with E-state index in [1.54, 1.807) is 13.8 Å². The van der Waals surface area contributed by atoms with Crippen LogP contribution in [0.2, 0.25) is 0 Å². The van der Waals surface area contributed by atoms with Gasteiger partial charge in [0.2, 0.25) is 0 Å². The fraction of sp³-hybridized carbons (Fsp3) is 0.417. The number of Topliss-reactive ketones (excluding diaryl/α,β-unsaturated/α-hetero) is 1. The summed E-state index contributed by atoms with van der Waals surface area (Å²) >= 11 is 0. The summed E-state index contributed by atoms with van der Waals surface area (Å²) in [5, 5.41) is 0. The fourth-order valence-electron chi connectivity index (χ4n) is 1.40. The van der Waals surface area contributed by atoms with Crippen molar-refractivity contribution >= 4 is 5.78 Å². The van der Waals surface area contributed by atoms with E-state index in [9.17, 15) is 22.4 Å². The van der Waals surface area contributed by atoms with E-state index in [1.807, 2.05) is 0 Å². The summed E-state index contributed by atoms with van der Waals surface area (Å²) in [7, 11) is 0. The smallest absolute Gasteiger partial charge is 0.454 e. The zero-order valence-corrected chi connectivity index (χ0v) is 10.3. The van der Waals surface area contributed by atoms with E-state index in [0.29, 0.717) is 12.1 Å². The molecule has 0 aromatic heterocycles. The normalized spacial score (nSPS) is 11.3. The van der Waals surface area contributed by atoms with Gasteiger partial charge in [0.1, 0.15) is 5.82 Å². The molecule has 1 aromatic carbocycles. The van der Waals surface area contributed by atoms with Crippen LogP contribution < -0.4 is 9.47 Å². The monoisotopic (exact) mass is 280 g/mol. The molecule has 1 aromatic rings. The third kappa shape index (κ3) is 3.59. The Hall–Kier alpha value is -1.79. The molecule has 0 radical (unpaired) electrons. The summed E-state index contributed by atoms with van der Waals surface area (Å²) in [5.41, 5.74) is -1.08. The van der Waals surface area contributed by atoms with Crippen LogP contribution in [0.25, 0.3) is 0 Å². The number of halogens is 4. The molecule has 0 aliphatic heterocycles. The van der Waals surface area contributed by atoms with Crippen molar-refractivity contribution in [2.45, 2.75) is 20.0 Å². The molecule has 0 saturated carbocycles. The first kappa shape index (κ1) is 15.3. The molecule has 3 nitrogen and oxygen atoms in total. The quantitative estimate of drug-likeness (QED) is 0.612. The lowest BCUT2D eigenvalue weighted by Gasteiger charge is -2.13. The summed E-state index contributed by atoms with van der Waals surface area (Å²) in [6.07, 6.45) is -5.14. The van der Waals surface area contributed by atoms with E-state index in [0.717, 1.165) is 0 Å². The van der Waals surface area contributed by atoms with Crippen LogP contribution in [-0.4, -0.2) is 25.2 Å². The molecule has 0 heterocycles. The molecule has 0 saturated heterocycles. The van der Waals surface area contributed by atoms with Gasteiger partial charge in [0.25, 0.3) is 5.78 Å². The van der Waals surface area contributed by atoms with Crippen LogP contribution in [0.15, 0.2) is 12.1 Å². The molecular weight excluding hydrogens is 268 g/mol. The Balaban J connectivity index is 3.27. The maximum absolute atomic E-state index is 13.5. The molecule has 7 heteroatoms. The second-order valence-electron chi connectivity index (χ2n) is 3.47. The molecule has 0 atom stereocenters. The van der Waals surface area contributed by atoms with Crippen molar-refractivity contribution in [2.24, 2.45) is 0 Å². The highest BCUT2D eigenvalue weighted by Gasteiger charge is 2.41. The van der Waals surface area contributed by atoms with Gasteiger partial charge in [-0.3, -0.25) is 4.79 Å². The predicted molar refractivity (Wildman–Crippen MR) is 59.1 cm³/mol. The topological polar surface area (TPSA) is 35.5 Å². The number of rotatable bonds is 5. The first-order valence-corrected chi connectivity index (χ1v) is 5.51. The Morgan fingerprint density at radius 1 is 1.11 bits per heavy atom. The van der Waals surface area contributed by atoms with Gasteiger partial charge >= 0.3 is 6.18 Å². The van der Waals surface area contributed by atoms with Crippen LogP contribution >= 0.6 is 0 Å². The molecule has 0 unspecified atom stereocenters. The van der Waals surface area contributed by atoms with Crippen LogP contribution in [0, 0.1) is 5.82 Å². The Morgan fingerprint density at radius 2 is 1.58 bits per heavy atom. The molecule has 0 aliphatic rings. The fourth-order valence-corrected chi connectivity index (χ4v) is 1.40. The third-order valence-electron chi connectivity index (χ3n) is 2.14. The number of ether oxygens (including phenoxy) is 2. The molecule has 0 aliphatic carbocycles. The number of benzene rings is 1. The van der Waals surface area contributed by atoms with Gasteiger partial charge in [0, 0.05) is 6.07 Å². The van der Waals surface area contributed by atoms with E-state index in [4.69, 9.17) is 9.47 Å². The number of alkyl halides is 3. The number of ketones is 1.